The van der Waals surface area contributed by atoms with Crippen molar-refractivity contribution in [3.8, 4) is 5.75 Å². The summed E-state index contributed by atoms with van der Waals surface area (Å²) in [6.07, 6.45) is 0.0187. The molecule has 0 heterocycles. The number of likely N-dealkylation sites (N-methyl/N-ethyl adjacent to an activating group) is 1. The van der Waals surface area contributed by atoms with Gasteiger partial charge in [0.2, 0.25) is 0 Å². The van der Waals surface area contributed by atoms with Crippen LogP contribution in [0.5, 0.6) is 5.75 Å². The molecule has 17 heavy (non-hydrogen) atoms. The first-order valence-electron chi connectivity index (χ1n) is 5.71. The van der Waals surface area contributed by atoms with E-state index in [4.69, 9.17) is 14.2 Å². The monoisotopic (exact) mass is 239 g/mol. The van der Waals surface area contributed by atoms with Crippen molar-refractivity contribution >= 4 is 0 Å². The molecule has 96 valence electrons. The van der Waals surface area contributed by atoms with E-state index in [1.54, 1.807) is 14.2 Å². The second-order valence-corrected chi connectivity index (χ2v) is 3.69. The molecular weight excluding hydrogens is 218 g/mol. The number of hydrogen-bond acceptors (Lipinski definition) is 4. The maximum Gasteiger partial charge on any atom is 0.119 e. The summed E-state index contributed by atoms with van der Waals surface area (Å²) in [6, 6.07) is 7.93. The molecule has 0 amide bonds. The average molecular weight is 239 g/mol. The molecule has 1 aromatic carbocycles. The fraction of sp³-hybridized carbons (Fsp3) is 0.538. The fourth-order valence-corrected chi connectivity index (χ4v) is 1.57. The normalized spacial score (nSPS) is 12.4. The molecule has 0 aliphatic carbocycles. The Labute approximate surface area is 103 Å². The Balaban J connectivity index is 2.66. The number of hydrogen-bond donors (Lipinski definition) is 1. The number of rotatable bonds is 8. The fourth-order valence-electron chi connectivity index (χ4n) is 1.57. The summed E-state index contributed by atoms with van der Waals surface area (Å²) in [7, 11) is 5.24. The van der Waals surface area contributed by atoms with E-state index in [1.807, 2.05) is 31.3 Å². The summed E-state index contributed by atoms with van der Waals surface area (Å²) in [5.41, 5.74) is 1.11. The number of methoxy groups -OCH3 is 2. The van der Waals surface area contributed by atoms with Gasteiger partial charge in [-0.05, 0) is 24.7 Å². The minimum absolute atomic E-state index is 0.0187. The molecule has 0 bridgehead atoms. The summed E-state index contributed by atoms with van der Waals surface area (Å²) in [5.74, 6) is 0.846. The summed E-state index contributed by atoms with van der Waals surface area (Å²) >= 11 is 0. The Bertz CT molecular complexity index is 317. The van der Waals surface area contributed by atoms with Gasteiger partial charge in [0.05, 0.1) is 26.4 Å². The molecule has 0 spiro atoms. The van der Waals surface area contributed by atoms with Crippen LogP contribution in [-0.2, 0) is 9.47 Å². The molecule has 1 rings (SSSR count). The van der Waals surface area contributed by atoms with Crippen LogP contribution >= 0.6 is 0 Å². The van der Waals surface area contributed by atoms with Crippen LogP contribution in [-0.4, -0.2) is 41.0 Å². The molecule has 0 aliphatic heterocycles. The third-order valence-corrected chi connectivity index (χ3v) is 2.46. The number of benzene rings is 1. The smallest absolute Gasteiger partial charge is 0.119 e. The van der Waals surface area contributed by atoms with Gasteiger partial charge in [0, 0.05) is 13.7 Å². The van der Waals surface area contributed by atoms with Gasteiger partial charge < -0.3 is 19.5 Å². The van der Waals surface area contributed by atoms with Crippen LogP contribution in [0.3, 0.4) is 0 Å². The highest BCUT2D eigenvalue weighted by molar-refractivity contribution is 5.30. The first kappa shape index (κ1) is 14.0. The largest absolute Gasteiger partial charge is 0.497 e. The zero-order valence-electron chi connectivity index (χ0n) is 10.7. The summed E-state index contributed by atoms with van der Waals surface area (Å²) in [4.78, 5) is 0. The van der Waals surface area contributed by atoms with Crippen LogP contribution in [0.1, 0.15) is 11.7 Å². The van der Waals surface area contributed by atoms with Gasteiger partial charge in [-0.15, -0.1) is 0 Å². The van der Waals surface area contributed by atoms with E-state index in [0.717, 1.165) is 17.9 Å². The molecule has 0 radical (unpaired) electrons. The van der Waals surface area contributed by atoms with Crippen molar-refractivity contribution in [3.63, 3.8) is 0 Å². The molecule has 1 unspecified atom stereocenters. The third kappa shape index (κ3) is 4.73. The van der Waals surface area contributed by atoms with Gasteiger partial charge in [-0.25, -0.2) is 0 Å². The van der Waals surface area contributed by atoms with Gasteiger partial charge in [-0.2, -0.15) is 0 Å². The summed E-state index contributed by atoms with van der Waals surface area (Å²) in [6.45, 7) is 1.95. The summed E-state index contributed by atoms with van der Waals surface area (Å²) < 4.78 is 16.0. The van der Waals surface area contributed by atoms with Crippen LogP contribution < -0.4 is 10.1 Å². The molecule has 0 saturated carbocycles. The molecule has 4 heteroatoms. The van der Waals surface area contributed by atoms with Crippen LogP contribution in [0.15, 0.2) is 24.3 Å². The van der Waals surface area contributed by atoms with Crippen molar-refractivity contribution in [3.05, 3.63) is 29.8 Å². The van der Waals surface area contributed by atoms with Crippen molar-refractivity contribution < 1.29 is 14.2 Å². The molecular formula is C13H21NO3. The van der Waals surface area contributed by atoms with Crippen molar-refractivity contribution in [2.24, 2.45) is 0 Å². The van der Waals surface area contributed by atoms with E-state index >= 15 is 0 Å². The minimum Gasteiger partial charge on any atom is -0.497 e. The van der Waals surface area contributed by atoms with E-state index in [9.17, 15) is 0 Å². The van der Waals surface area contributed by atoms with E-state index in [2.05, 4.69) is 5.32 Å². The molecule has 1 atom stereocenters. The van der Waals surface area contributed by atoms with E-state index in [-0.39, 0.29) is 6.10 Å². The first-order valence-corrected chi connectivity index (χ1v) is 5.71. The minimum atomic E-state index is 0.0187. The lowest BCUT2D eigenvalue weighted by Crippen LogP contribution is -2.21. The highest BCUT2D eigenvalue weighted by Crippen LogP contribution is 2.21. The maximum absolute atomic E-state index is 5.77. The Hall–Kier alpha value is -1.10. The van der Waals surface area contributed by atoms with Gasteiger partial charge in [-0.1, -0.05) is 12.1 Å². The average Bonchev–Trinajstić information content (AvgIpc) is 2.38. The van der Waals surface area contributed by atoms with E-state index in [0.29, 0.717) is 13.2 Å². The zero-order chi connectivity index (χ0) is 12.5. The zero-order valence-corrected chi connectivity index (χ0v) is 10.7. The van der Waals surface area contributed by atoms with Crippen LogP contribution in [0.2, 0.25) is 0 Å². The van der Waals surface area contributed by atoms with Crippen molar-refractivity contribution in [2.75, 3.05) is 41.0 Å². The number of ether oxygens (including phenoxy) is 3. The van der Waals surface area contributed by atoms with Crippen LogP contribution in [0.4, 0.5) is 0 Å². The standard InChI is InChI=1S/C13H21NO3/c1-14-10-13(17-8-7-15-2)11-5-4-6-12(9-11)16-3/h4-6,9,13-14H,7-8,10H2,1-3H3. The predicted octanol–water partition coefficient (Wildman–Crippen LogP) is 1.62. The highest BCUT2D eigenvalue weighted by atomic mass is 16.5. The van der Waals surface area contributed by atoms with Crippen LogP contribution in [0, 0.1) is 0 Å². The van der Waals surface area contributed by atoms with Gasteiger partial charge in [0.15, 0.2) is 0 Å². The number of nitrogens with one attached hydrogen (secondary N) is 1. The lowest BCUT2D eigenvalue weighted by molar-refractivity contribution is 0.0174. The summed E-state index contributed by atoms with van der Waals surface area (Å²) in [5, 5.41) is 3.12. The Kier molecular flexibility index (Phi) is 6.62. The van der Waals surface area contributed by atoms with Crippen LogP contribution in [0.25, 0.3) is 0 Å². The lowest BCUT2D eigenvalue weighted by Gasteiger charge is -2.18. The van der Waals surface area contributed by atoms with E-state index in [1.165, 1.54) is 0 Å². The van der Waals surface area contributed by atoms with Gasteiger partial charge in [0.25, 0.3) is 0 Å². The Morgan fingerprint density at radius 1 is 1.24 bits per heavy atom. The lowest BCUT2D eigenvalue weighted by atomic mass is 10.1. The SMILES string of the molecule is CNCC(OCCOC)c1cccc(OC)c1. The van der Waals surface area contributed by atoms with Gasteiger partial charge in [0.1, 0.15) is 5.75 Å². The third-order valence-electron chi connectivity index (χ3n) is 2.46. The second kappa shape index (κ2) is 8.06. The highest BCUT2D eigenvalue weighted by Gasteiger charge is 2.11. The molecule has 1 aromatic rings. The first-order chi connectivity index (χ1) is 8.31. The predicted molar refractivity (Wildman–Crippen MR) is 67.5 cm³/mol. The molecule has 1 N–H and O–H groups in total. The van der Waals surface area contributed by atoms with Crippen molar-refractivity contribution in [1.29, 1.82) is 0 Å². The second-order valence-electron chi connectivity index (χ2n) is 3.69. The molecule has 0 aromatic heterocycles. The molecule has 0 aliphatic rings. The van der Waals surface area contributed by atoms with Gasteiger partial charge in [-0.3, -0.25) is 0 Å². The quantitative estimate of drug-likeness (QED) is 0.700. The topological polar surface area (TPSA) is 39.7 Å². The van der Waals surface area contributed by atoms with Crippen molar-refractivity contribution in [1.82, 2.24) is 5.32 Å². The molecule has 0 fully saturated rings. The van der Waals surface area contributed by atoms with E-state index < -0.39 is 0 Å². The van der Waals surface area contributed by atoms with Gasteiger partial charge >= 0.3 is 0 Å². The van der Waals surface area contributed by atoms with Crippen molar-refractivity contribution in [2.45, 2.75) is 6.10 Å². The molecule has 4 nitrogen and oxygen atoms in total. The Morgan fingerprint density at radius 2 is 2.06 bits per heavy atom. The molecule has 0 saturated heterocycles. The maximum atomic E-state index is 5.77. The Morgan fingerprint density at radius 3 is 2.71 bits per heavy atom.